The molecule has 4 rings (SSSR count). The molecule has 1 atom stereocenters. The van der Waals surface area contributed by atoms with Gasteiger partial charge in [-0.15, -0.1) is 0 Å². The molecule has 0 saturated carbocycles. The Morgan fingerprint density at radius 2 is 1.88 bits per heavy atom. The molecule has 2 N–H and O–H groups in total. The number of carbonyl (C=O) groups is 2. The second kappa shape index (κ2) is 8.71. The molecule has 33 heavy (non-hydrogen) atoms. The maximum atomic E-state index is 13.2. The normalized spacial score (nSPS) is 20.5. The van der Waals surface area contributed by atoms with E-state index in [1.54, 1.807) is 20.8 Å². The lowest BCUT2D eigenvalue weighted by Crippen LogP contribution is -2.47. The van der Waals surface area contributed by atoms with Crippen molar-refractivity contribution in [3.05, 3.63) is 82.2 Å². The van der Waals surface area contributed by atoms with Crippen LogP contribution in [0, 0.1) is 12.3 Å². The largest absolute Gasteiger partial charge is 0.427 e. The number of carbonyl (C=O) groups excluding carboxylic acids is 2. The van der Waals surface area contributed by atoms with Gasteiger partial charge in [0.2, 0.25) is 0 Å². The van der Waals surface area contributed by atoms with Gasteiger partial charge in [-0.05, 0) is 70.7 Å². The van der Waals surface area contributed by atoms with Gasteiger partial charge in [-0.25, -0.2) is 0 Å². The molecular formula is C27H29ClN2O3. The van der Waals surface area contributed by atoms with Crippen LogP contribution < -0.4 is 10.6 Å². The van der Waals surface area contributed by atoms with Crippen molar-refractivity contribution in [3.63, 3.8) is 0 Å². The van der Waals surface area contributed by atoms with Crippen LogP contribution in [0.1, 0.15) is 51.2 Å². The number of hydrogen-bond donors (Lipinski definition) is 2. The van der Waals surface area contributed by atoms with Crippen molar-refractivity contribution in [2.75, 3.05) is 5.32 Å². The van der Waals surface area contributed by atoms with E-state index in [2.05, 4.69) is 16.7 Å². The van der Waals surface area contributed by atoms with E-state index in [0.29, 0.717) is 41.2 Å². The van der Waals surface area contributed by atoms with Gasteiger partial charge in [0.25, 0.3) is 5.91 Å². The predicted molar refractivity (Wildman–Crippen MR) is 132 cm³/mol. The first-order valence-corrected chi connectivity index (χ1v) is 11.5. The summed E-state index contributed by atoms with van der Waals surface area (Å²) < 4.78 is 5.99. The summed E-state index contributed by atoms with van der Waals surface area (Å²) in [6.07, 6.45) is 3.87. The molecule has 0 fully saturated rings. The first kappa shape index (κ1) is 23.1. The smallest absolute Gasteiger partial charge is 0.316 e. The number of hydrogen-bond acceptors (Lipinski definition) is 4. The van der Waals surface area contributed by atoms with Crippen LogP contribution in [0.25, 0.3) is 5.57 Å². The van der Waals surface area contributed by atoms with Crippen LogP contribution in [0.3, 0.4) is 0 Å². The van der Waals surface area contributed by atoms with Crippen molar-refractivity contribution in [1.29, 1.82) is 0 Å². The first-order chi connectivity index (χ1) is 15.6. The summed E-state index contributed by atoms with van der Waals surface area (Å²) in [7, 11) is 0. The number of rotatable bonds is 4. The number of ether oxygens (including phenoxy) is 1. The number of aryl methyl sites for hydroxylation is 1. The van der Waals surface area contributed by atoms with Crippen LogP contribution in [0.15, 0.2) is 66.1 Å². The molecule has 6 heteroatoms. The van der Waals surface area contributed by atoms with Crippen molar-refractivity contribution in [2.45, 2.75) is 52.5 Å². The fraction of sp³-hybridized carbons (Fsp3) is 0.333. The third-order valence-corrected chi connectivity index (χ3v) is 6.35. The molecule has 2 aromatic rings. The fourth-order valence-electron chi connectivity index (χ4n) is 4.13. The number of anilines is 1. The predicted octanol–water partition coefficient (Wildman–Crippen LogP) is 6.00. The Morgan fingerprint density at radius 3 is 2.48 bits per heavy atom. The number of amides is 1. The third kappa shape index (κ3) is 4.69. The highest BCUT2D eigenvalue weighted by molar-refractivity contribution is 6.35. The lowest BCUT2D eigenvalue weighted by atomic mass is 9.82. The molecule has 1 aliphatic carbocycles. The Morgan fingerprint density at radius 1 is 1.15 bits per heavy atom. The topological polar surface area (TPSA) is 67.4 Å². The van der Waals surface area contributed by atoms with E-state index in [4.69, 9.17) is 16.3 Å². The molecule has 1 amide bonds. The molecule has 1 heterocycles. The molecule has 172 valence electrons. The molecule has 0 bridgehead atoms. The number of esters is 1. The van der Waals surface area contributed by atoms with Gasteiger partial charge in [-0.1, -0.05) is 48.0 Å². The Kier molecular flexibility index (Phi) is 6.10. The van der Waals surface area contributed by atoms with Gasteiger partial charge in [0, 0.05) is 22.0 Å². The second-order valence-electron chi connectivity index (χ2n) is 9.79. The minimum Gasteiger partial charge on any atom is -0.427 e. The summed E-state index contributed by atoms with van der Waals surface area (Å²) in [5.41, 5.74) is 2.48. The van der Waals surface area contributed by atoms with Gasteiger partial charge in [-0.3, -0.25) is 9.59 Å². The summed E-state index contributed by atoms with van der Waals surface area (Å²) in [6.45, 7) is 7.34. The fourth-order valence-corrected chi connectivity index (χ4v) is 4.46. The van der Waals surface area contributed by atoms with Gasteiger partial charge < -0.3 is 15.4 Å². The minimum atomic E-state index is -0.788. The quantitative estimate of drug-likeness (QED) is 0.545. The molecule has 0 saturated heterocycles. The van der Waals surface area contributed by atoms with Gasteiger partial charge in [0.1, 0.15) is 11.3 Å². The van der Waals surface area contributed by atoms with Gasteiger partial charge >= 0.3 is 5.97 Å². The first-order valence-electron chi connectivity index (χ1n) is 11.2. The zero-order valence-electron chi connectivity index (χ0n) is 19.4. The van der Waals surface area contributed by atoms with Gasteiger partial charge in [-0.2, -0.15) is 0 Å². The zero-order valence-corrected chi connectivity index (χ0v) is 20.2. The Bertz CT molecular complexity index is 1160. The van der Waals surface area contributed by atoms with Crippen LogP contribution in [0.4, 0.5) is 5.69 Å². The van der Waals surface area contributed by atoms with Gasteiger partial charge in [0.15, 0.2) is 0 Å². The Labute approximate surface area is 199 Å². The molecular weight excluding hydrogens is 436 g/mol. The van der Waals surface area contributed by atoms with E-state index in [0.717, 1.165) is 16.9 Å². The number of nitrogens with one attached hydrogen (secondary N) is 2. The van der Waals surface area contributed by atoms with E-state index >= 15 is 0 Å². The zero-order chi connectivity index (χ0) is 23.8. The van der Waals surface area contributed by atoms with E-state index in [1.165, 1.54) is 0 Å². The molecule has 2 aliphatic rings. The summed E-state index contributed by atoms with van der Waals surface area (Å²) in [4.78, 5) is 26.2. The molecule has 1 spiro atoms. The summed E-state index contributed by atoms with van der Waals surface area (Å²) in [6, 6.07) is 15.5. The maximum absolute atomic E-state index is 13.2. The van der Waals surface area contributed by atoms with Crippen LogP contribution in [0.5, 0.6) is 0 Å². The Balaban J connectivity index is 1.73. The third-order valence-electron chi connectivity index (χ3n) is 6.04. The minimum absolute atomic E-state index is 0.273. The van der Waals surface area contributed by atoms with Crippen molar-refractivity contribution in [1.82, 2.24) is 5.32 Å². The summed E-state index contributed by atoms with van der Waals surface area (Å²) in [5, 5.41) is 7.03. The molecule has 1 unspecified atom stereocenters. The van der Waals surface area contributed by atoms with Crippen molar-refractivity contribution in [3.8, 4) is 0 Å². The molecule has 0 aromatic heterocycles. The molecule has 1 aliphatic heterocycles. The summed E-state index contributed by atoms with van der Waals surface area (Å²) in [5.74, 6) is -0.287. The lowest BCUT2D eigenvalue weighted by Gasteiger charge is -2.35. The average molecular weight is 465 g/mol. The molecule has 2 aromatic carbocycles. The van der Waals surface area contributed by atoms with Gasteiger partial charge in [0.05, 0.1) is 11.0 Å². The van der Waals surface area contributed by atoms with Crippen molar-refractivity contribution < 1.29 is 14.3 Å². The highest BCUT2D eigenvalue weighted by atomic mass is 35.5. The number of benzene rings is 2. The number of halogens is 1. The second-order valence-corrected chi connectivity index (χ2v) is 10.2. The van der Waals surface area contributed by atoms with Crippen molar-refractivity contribution in [2.24, 2.45) is 5.41 Å². The monoisotopic (exact) mass is 464 g/mol. The average Bonchev–Trinajstić information content (AvgIpc) is 3.01. The van der Waals surface area contributed by atoms with E-state index in [9.17, 15) is 9.59 Å². The SMILES string of the molecule is Cc1ccc(C2=C(OC(=O)C(C)(C)C)C3(CC=C(Nc4ccccc4)CC3)NC2=O)c(Cl)c1. The molecule has 5 nitrogen and oxygen atoms in total. The molecule has 0 radical (unpaired) electrons. The Hall–Kier alpha value is -3.05. The highest BCUT2D eigenvalue weighted by Gasteiger charge is 2.49. The van der Waals surface area contributed by atoms with Crippen LogP contribution in [-0.2, 0) is 14.3 Å². The van der Waals surface area contributed by atoms with Crippen LogP contribution >= 0.6 is 11.6 Å². The van der Waals surface area contributed by atoms with E-state index in [1.807, 2.05) is 55.5 Å². The van der Waals surface area contributed by atoms with Crippen LogP contribution in [0.2, 0.25) is 5.02 Å². The standard InChI is InChI=1S/C27H29ClN2O3/c1-17-10-11-20(21(28)16-17)22-23(33-25(32)26(2,3)4)27(30-24(22)31)14-12-19(13-15-27)29-18-8-6-5-7-9-18/h5-12,16,29H,13-15H2,1-4H3,(H,30,31). The maximum Gasteiger partial charge on any atom is 0.316 e. The number of para-hydroxylation sites is 1. The lowest BCUT2D eigenvalue weighted by molar-refractivity contribution is -0.149. The van der Waals surface area contributed by atoms with E-state index < -0.39 is 11.0 Å². The number of allylic oxidation sites excluding steroid dienone is 1. The highest BCUT2D eigenvalue weighted by Crippen LogP contribution is 2.44. The van der Waals surface area contributed by atoms with E-state index in [-0.39, 0.29) is 11.9 Å². The summed E-state index contributed by atoms with van der Waals surface area (Å²) >= 11 is 6.53. The van der Waals surface area contributed by atoms with Crippen molar-refractivity contribution >= 4 is 34.7 Å². The van der Waals surface area contributed by atoms with Crippen LogP contribution in [-0.4, -0.2) is 17.4 Å².